The molecule has 0 aromatic heterocycles. The molecule has 80 heavy (non-hydrogen) atoms. The molecule has 5 aliphatic rings. The fraction of sp³-hybridized carbons (Fsp3) is 0.773. The Morgan fingerprint density at radius 3 is 1.34 bits per heavy atom. The topological polar surface area (TPSA) is 85.3 Å². The van der Waals surface area contributed by atoms with Gasteiger partial charge in [-0.25, -0.2) is 0 Å². The number of ketones is 5. The average Bonchev–Trinajstić information content (AvgIpc) is 3.16. The molecule has 5 nitrogen and oxygen atoms in total. The third-order valence-corrected chi connectivity index (χ3v) is 17.0. The second-order valence-electron chi connectivity index (χ2n) is 35.2. The predicted octanol–water partition coefficient (Wildman–Crippen LogP) is 21.8. The number of hydrogen-bond donors (Lipinski definition) is 0. The van der Waals surface area contributed by atoms with Gasteiger partial charge in [-0.05, 0) is 156 Å². The van der Waals surface area contributed by atoms with E-state index in [-0.39, 0.29) is 71.9 Å². The molecular weight excluding hydrogens is 981 g/mol. The second kappa shape index (κ2) is 28.6. The standard InChI is InChI=1S/4C15H26O.C15H24O/c5*1-11-8-7-9-15(5,6)13(11)12(16)10-14(2,3)4/h7-10H2,1-6H3;8,13H,7,9-10H2,1-6H3;7-8,11,13H,9-10H2,1-6H3;13H,1,7-10H2,2-6H3;7-8H,9-10H2,1-6H3. The lowest BCUT2D eigenvalue weighted by molar-refractivity contribution is -0.130. The highest BCUT2D eigenvalue weighted by atomic mass is 16.1. The van der Waals surface area contributed by atoms with Gasteiger partial charge in [0, 0.05) is 55.4 Å². The van der Waals surface area contributed by atoms with Gasteiger partial charge < -0.3 is 0 Å². The molecule has 4 unspecified atom stereocenters. The zero-order valence-corrected chi connectivity index (χ0v) is 58.1. The first-order valence-electron chi connectivity index (χ1n) is 31.4. The lowest BCUT2D eigenvalue weighted by Crippen LogP contribution is -2.38. The summed E-state index contributed by atoms with van der Waals surface area (Å²) < 4.78 is 0. The van der Waals surface area contributed by atoms with Crippen LogP contribution in [0.3, 0.4) is 0 Å². The van der Waals surface area contributed by atoms with Crippen LogP contribution in [0.1, 0.15) is 297 Å². The van der Waals surface area contributed by atoms with Crippen molar-refractivity contribution in [3.63, 3.8) is 0 Å². The predicted molar refractivity (Wildman–Crippen MR) is 347 cm³/mol. The molecule has 5 heteroatoms. The Kier molecular flexibility index (Phi) is 26.7. The molecule has 0 radical (unpaired) electrons. The maximum Gasteiger partial charge on any atom is 0.160 e. The summed E-state index contributed by atoms with van der Waals surface area (Å²) in [5.74, 6) is 2.74. The Morgan fingerprint density at radius 2 is 0.925 bits per heavy atom. The maximum absolute atomic E-state index is 12.4. The molecule has 1 fully saturated rings. The number of carbonyl (C=O) groups excluding carboxylic acids is 5. The van der Waals surface area contributed by atoms with E-state index in [4.69, 9.17) is 0 Å². The molecule has 458 valence electrons. The van der Waals surface area contributed by atoms with Crippen molar-refractivity contribution in [2.24, 2.45) is 77.8 Å². The van der Waals surface area contributed by atoms with Crippen LogP contribution in [0.15, 0.2) is 70.4 Å². The van der Waals surface area contributed by atoms with E-state index in [1.807, 2.05) is 6.92 Å². The Bertz CT molecular complexity index is 2290. The van der Waals surface area contributed by atoms with Crippen LogP contribution in [0.2, 0.25) is 0 Å². The minimum Gasteiger partial charge on any atom is -0.299 e. The van der Waals surface area contributed by atoms with Gasteiger partial charge in [-0.2, -0.15) is 0 Å². The second-order valence-corrected chi connectivity index (χ2v) is 35.2. The Morgan fingerprint density at radius 1 is 0.500 bits per heavy atom. The van der Waals surface area contributed by atoms with E-state index >= 15 is 0 Å². The van der Waals surface area contributed by atoms with E-state index in [1.165, 1.54) is 24.0 Å². The van der Waals surface area contributed by atoms with Crippen molar-refractivity contribution in [3.8, 4) is 0 Å². The fourth-order valence-corrected chi connectivity index (χ4v) is 13.9. The van der Waals surface area contributed by atoms with Crippen LogP contribution in [0.4, 0.5) is 0 Å². The lowest BCUT2D eigenvalue weighted by atomic mass is 9.63. The highest BCUT2D eigenvalue weighted by molar-refractivity contribution is 5.98. The smallest absolute Gasteiger partial charge is 0.160 e. The van der Waals surface area contributed by atoms with Crippen molar-refractivity contribution in [1.29, 1.82) is 0 Å². The van der Waals surface area contributed by atoms with Crippen molar-refractivity contribution in [2.75, 3.05) is 0 Å². The molecule has 0 spiro atoms. The van der Waals surface area contributed by atoms with Gasteiger partial charge in [0.2, 0.25) is 0 Å². The van der Waals surface area contributed by atoms with Crippen molar-refractivity contribution in [2.45, 2.75) is 297 Å². The molecular formula is C75H128O5. The van der Waals surface area contributed by atoms with Gasteiger partial charge in [-0.1, -0.05) is 234 Å². The first-order valence-corrected chi connectivity index (χ1v) is 31.4. The average molecular weight is 1110 g/mol. The van der Waals surface area contributed by atoms with E-state index in [2.05, 4.69) is 231 Å². The largest absolute Gasteiger partial charge is 0.299 e. The first kappa shape index (κ1) is 74.8. The van der Waals surface area contributed by atoms with Gasteiger partial charge in [-0.3, -0.25) is 24.0 Å². The molecule has 0 bridgehead atoms. The number of allylic oxidation sites excluding steroid dienone is 11. The third kappa shape index (κ3) is 25.3. The molecule has 0 saturated heterocycles. The van der Waals surface area contributed by atoms with Crippen LogP contribution in [0, 0.1) is 77.8 Å². The zero-order valence-electron chi connectivity index (χ0n) is 58.1. The van der Waals surface area contributed by atoms with Crippen LogP contribution in [-0.4, -0.2) is 28.9 Å². The number of hydrogen-bond acceptors (Lipinski definition) is 5. The Hall–Kier alpha value is -3.21. The van der Waals surface area contributed by atoms with Crippen molar-refractivity contribution < 1.29 is 24.0 Å². The minimum absolute atomic E-state index is 0.00116. The van der Waals surface area contributed by atoms with Gasteiger partial charge in [0.05, 0.1) is 0 Å². The summed E-state index contributed by atoms with van der Waals surface area (Å²) in [6.45, 7) is 66.7. The van der Waals surface area contributed by atoms with E-state index in [9.17, 15) is 24.0 Å². The quantitative estimate of drug-likeness (QED) is 0.204. The van der Waals surface area contributed by atoms with Gasteiger partial charge in [-0.15, -0.1) is 0 Å². The summed E-state index contributed by atoms with van der Waals surface area (Å²) >= 11 is 0. The summed E-state index contributed by atoms with van der Waals surface area (Å²) in [7, 11) is 0. The highest BCUT2D eigenvalue weighted by Gasteiger charge is 2.43. The summed E-state index contributed by atoms with van der Waals surface area (Å²) in [4.78, 5) is 61.9. The Labute approximate surface area is 495 Å². The summed E-state index contributed by atoms with van der Waals surface area (Å²) in [5.41, 5.74) is 7.98. The van der Waals surface area contributed by atoms with Gasteiger partial charge in [0.1, 0.15) is 17.3 Å². The molecule has 5 aliphatic carbocycles. The number of Topliss-reactive ketones (excluding diaryl/α,β-unsaturated/α-hetero) is 5. The van der Waals surface area contributed by atoms with Crippen molar-refractivity contribution in [3.05, 3.63) is 70.4 Å². The normalized spacial score (nSPS) is 24.2. The van der Waals surface area contributed by atoms with Gasteiger partial charge >= 0.3 is 0 Å². The summed E-state index contributed by atoms with van der Waals surface area (Å²) in [5, 5.41) is 0. The fourth-order valence-electron chi connectivity index (χ4n) is 13.9. The van der Waals surface area contributed by atoms with Crippen LogP contribution in [0.5, 0.6) is 0 Å². The molecule has 5 rings (SSSR count). The SMILES string of the molecule is C=C1CCCC(C)(C)C1C(=O)CC(C)(C)C.CC1=C(C(=O)CC(C)(C)C)C(C)(C)CC=C1.CC1=C(C(=O)CC(C)(C)C)C(C)(C)CCC1.CC1=CCCC(C)(C)C1C(=O)CC(C)(C)C.CC1C=CCC(C)(C)C1C(=O)CC(C)(C)C. The molecule has 1 saturated carbocycles. The van der Waals surface area contributed by atoms with E-state index < -0.39 is 0 Å². The molecule has 0 heterocycles. The number of rotatable bonds is 10. The molecule has 4 atom stereocenters. The van der Waals surface area contributed by atoms with Gasteiger partial charge in [0.25, 0.3) is 0 Å². The van der Waals surface area contributed by atoms with E-state index in [1.54, 1.807) is 0 Å². The zero-order chi connectivity index (χ0) is 62.8. The molecule has 0 aromatic rings. The molecule has 0 aliphatic heterocycles. The number of carbonyl (C=O) groups is 5. The first-order chi connectivity index (χ1) is 35.7. The molecule has 0 amide bonds. The van der Waals surface area contributed by atoms with E-state index in [0.717, 1.165) is 73.7 Å². The third-order valence-electron chi connectivity index (χ3n) is 17.0. The van der Waals surface area contributed by atoms with Crippen molar-refractivity contribution >= 4 is 28.9 Å². The lowest BCUT2D eigenvalue weighted by Gasteiger charge is -2.40. The van der Waals surface area contributed by atoms with Crippen molar-refractivity contribution in [1.82, 2.24) is 0 Å². The monoisotopic (exact) mass is 1110 g/mol. The van der Waals surface area contributed by atoms with Crippen LogP contribution in [0.25, 0.3) is 0 Å². The Balaban J connectivity index is 0.000000500. The van der Waals surface area contributed by atoms with Crippen LogP contribution >= 0.6 is 0 Å². The van der Waals surface area contributed by atoms with Gasteiger partial charge in [0.15, 0.2) is 11.6 Å². The minimum atomic E-state index is 0.00116. The maximum atomic E-state index is 12.4. The van der Waals surface area contributed by atoms with Crippen LogP contribution < -0.4 is 0 Å². The van der Waals surface area contributed by atoms with E-state index in [0.29, 0.717) is 66.9 Å². The molecule has 0 N–H and O–H groups in total. The van der Waals surface area contributed by atoms with Crippen LogP contribution in [-0.2, 0) is 24.0 Å². The highest BCUT2D eigenvalue weighted by Crippen LogP contribution is 2.47. The molecule has 0 aromatic carbocycles. The summed E-state index contributed by atoms with van der Waals surface area (Å²) in [6.07, 6.45) is 25.4. The summed E-state index contributed by atoms with van der Waals surface area (Å²) in [6, 6.07) is 0.